The lowest BCUT2D eigenvalue weighted by Crippen LogP contribution is -2.28. The van der Waals surface area contributed by atoms with Gasteiger partial charge in [-0.3, -0.25) is 9.48 Å². The third-order valence-electron chi connectivity index (χ3n) is 6.19. The lowest BCUT2D eigenvalue weighted by atomic mass is 9.84. The summed E-state index contributed by atoms with van der Waals surface area (Å²) < 4.78 is 37.3. The van der Waals surface area contributed by atoms with Gasteiger partial charge < -0.3 is 19.9 Å². The Labute approximate surface area is 205 Å². The molecule has 5 rings (SSSR count). The van der Waals surface area contributed by atoms with E-state index in [4.69, 9.17) is 10.1 Å². The number of carboxylic acids is 1. The number of hydrogen-bond acceptors (Lipinski definition) is 6. The third kappa shape index (κ3) is 4.53. The smallest absolute Gasteiger partial charge is 0.480 e. The number of hydrogen-bond donors (Lipinski definition) is 2. The molecule has 2 aromatic heterocycles. The fourth-order valence-corrected chi connectivity index (χ4v) is 4.19. The highest BCUT2D eigenvalue weighted by atomic mass is 19.3. The Kier molecular flexibility index (Phi) is 5.54. The van der Waals surface area contributed by atoms with E-state index in [1.807, 2.05) is 51.1 Å². The number of nitrogens with zero attached hydrogens (tertiary/aromatic N) is 3. The zero-order chi connectivity index (χ0) is 25.7. The molecule has 0 spiro atoms. The van der Waals surface area contributed by atoms with Crippen molar-refractivity contribution in [2.45, 2.75) is 39.0 Å². The Hall–Kier alpha value is -4.21. The van der Waals surface area contributed by atoms with Crippen LogP contribution in [-0.4, -0.2) is 38.7 Å². The number of ether oxygens (including phenoxy) is 2. The fourth-order valence-electron chi connectivity index (χ4n) is 4.19. The standard InChI is InChI=1S/C26H24F2N4O4/c1-15-4-9-22(29-14-25(2,3)18-6-8-20-21(11-18)36-26(27,28)35-20)31-24(15)16-5-7-19-17(10-16)12-30-32(19)13-23(33)34/h4-12H,13-14H2,1-3H3,(H,29,31)(H,33,34). The summed E-state index contributed by atoms with van der Waals surface area (Å²) in [6.07, 6.45) is -2.01. The molecule has 10 heteroatoms. The number of anilines is 1. The first-order valence-electron chi connectivity index (χ1n) is 11.3. The summed E-state index contributed by atoms with van der Waals surface area (Å²) in [7, 11) is 0. The van der Waals surface area contributed by atoms with Crippen LogP contribution in [0.4, 0.5) is 14.6 Å². The van der Waals surface area contributed by atoms with E-state index in [0.29, 0.717) is 12.4 Å². The third-order valence-corrected chi connectivity index (χ3v) is 6.19. The van der Waals surface area contributed by atoms with Crippen molar-refractivity contribution in [3.05, 3.63) is 65.9 Å². The topological polar surface area (TPSA) is 98.5 Å². The number of rotatable bonds is 7. The van der Waals surface area contributed by atoms with Crippen LogP contribution in [-0.2, 0) is 16.8 Å². The SMILES string of the molecule is Cc1ccc(NCC(C)(C)c2ccc3c(c2)OC(F)(F)O3)nc1-c1ccc2c(cnn2CC(=O)O)c1. The van der Waals surface area contributed by atoms with Gasteiger partial charge in [-0.15, -0.1) is 8.78 Å². The van der Waals surface area contributed by atoms with E-state index >= 15 is 0 Å². The van der Waals surface area contributed by atoms with E-state index < -0.39 is 17.7 Å². The normalized spacial score (nSPS) is 14.2. The second-order valence-electron chi connectivity index (χ2n) is 9.40. The van der Waals surface area contributed by atoms with Crippen LogP contribution >= 0.6 is 0 Å². The van der Waals surface area contributed by atoms with Gasteiger partial charge in [0.15, 0.2) is 11.5 Å². The minimum absolute atomic E-state index is 0.0165. The van der Waals surface area contributed by atoms with Gasteiger partial charge in [0.1, 0.15) is 12.4 Å². The first-order chi connectivity index (χ1) is 17.0. The number of pyridine rings is 1. The molecule has 36 heavy (non-hydrogen) atoms. The Morgan fingerprint density at radius 3 is 2.67 bits per heavy atom. The maximum absolute atomic E-state index is 13.4. The number of halogens is 2. The zero-order valence-corrected chi connectivity index (χ0v) is 19.9. The summed E-state index contributed by atoms with van der Waals surface area (Å²) in [5.41, 5.74) is 3.77. The summed E-state index contributed by atoms with van der Waals surface area (Å²) in [5, 5.41) is 17.4. The molecule has 4 aromatic rings. The van der Waals surface area contributed by atoms with E-state index in [-0.39, 0.29) is 18.0 Å². The number of carbonyl (C=O) groups is 1. The lowest BCUT2D eigenvalue weighted by Gasteiger charge is -2.26. The molecule has 3 heterocycles. The van der Waals surface area contributed by atoms with Crippen LogP contribution < -0.4 is 14.8 Å². The van der Waals surface area contributed by atoms with E-state index in [1.165, 1.54) is 10.7 Å². The van der Waals surface area contributed by atoms with Gasteiger partial charge in [0.25, 0.3) is 0 Å². The monoisotopic (exact) mass is 494 g/mol. The molecule has 0 fully saturated rings. The number of aliphatic carboxylic acids is 1. The molecular weight excluding hydrogens is 470 g/mol. The summed E-state index contributed by atoms with van der Waals surface area (Å²) >= 11 is 0. The first kappa shape index (κ1) is 23.5. The highest BCUT2D eigenvalue weighted by molar-refractivity contribution is 5.85. The van der Waals surface area contributed by atoms with Crippen LogP contribution in [0.15, 0.2) is 54.7 Å². The summed E-state index contributed by atoms with van der Waals surface area (Å²) in [5.74, 6) is -0.259. The molecule has 186 valence electrons. The van der Waals surface area contributed by atoms with Gasteiger partial charge in [-0.05, 0) is 48.4 Å². The molecule has 2 N–H and O–H groups in total. The molecular formula is C26H24F2N4O4. The lowest BCUT2D eigenvalue weighted by molar-refractivity contribution is -0.286. The van der Waals surface area contributed by atoms with Gasteiger partial charge in [-0.25, -0.2) is 4.98 Å². The second-order valence-corrected chi connectivity index (χ2v) is 9.40. The molecule has 0 saturated heterocycles. The average Bonchev–Trinajstić information content (AvgIpc) is 3.35. The van der Waals surface area contributed by atoms with Crippen LogP contribution in [0.2, 0.25) is 0 Å². The van der Waals surface area contributed by atoms with E-state index in [1.54, 1.807) is 18.3 Å². The van der Waals surface area contributed by atoms with Gasteiger partial charge in [0.05, 0.1) is 17.4 Å². The average molecular weight is 494 g/mol. The Morgan fingerprint density at radius 1 is 1.11 bits per heavy atom. The van der Waals surface area contributed by atoms with Gasteiger partial charge in [-0.1, -0.05) is 32.0 Å². The molecule has 8 nitrogen and oxygen atoms in total. The Balaban J connectivity index is 1.35. The predicted molar refractivity (Wildman–Crippen MR) is 129 cm³/mol. The van der Waals surface area contributed by atoms with E-state index in [0.717, 1.165) is 33.3 Å². The maximum Gasteiger partial charge on any atom is 0.586 e. The molecule has 0 amide bonds. The number of alkyl halides is 2. The molecule has 0 bridgehead atoms. The molecule has 0 atom stereocenters. The minimum atomic E-state index is -3.65. The van der Waals surface area contributed by atoms with Crippen molar-refractivity contribution in [3.63, 3.8) is 0 Å². The molecule has 1 aliphatic heterocycles. The molecule has 0 unspecified atom stereocenters. The van der Waals surface area contributed by atoms with Crippen molar-refractivity contribution in [1.29, 1.82) is 0 Å². The summed E-state index contributed by atoms with van der Waals surface area (Å²) in [4.78, 5) is 15.9. The number of fused-ring (bicyclic) bond motifs is 2. The van der Waals surface area contributed by atoms with Crippen LogP contribution in [0.3, 0.4) is 0 Å². The number of aromatic nitrogens is 3. The number of carboxylic acid groups (broad SMARTS) is 1. The number of aryl methyl sites for hydroxylation is 1. The van der Waals surface area contributed by atoms with Crippen LogP contribution in [0, 0.1) is 6.92 Å². The van der Waals surface area contributed by atoms with Crippen LogP contribution in [0.5, 0.6) is 11.5 Å². The van der Waals surface area contributed by atoms with Crippen molar-refractivity contribution >= 4 is 22.7 Å². The van der Waals surface area contributed by atoms with Crippen molar-refractivity contribution in [1.82, 2.24) is 14.8 Å². The van der Waals surface area contributed by atoms with Crippen LogP contribution in [0.1, 0.15) is 25.0 Å². The van der Waals surface area contributed by atoms with Gasteiger partial charge >= 0.3 is 12.3 Å². The van der Waals surface area contributed by atoms with Crippen molar-refractivity contribution in [2.24, 2.45) is 0 Å². The van der Waals surface area contributed by atoms with Gasteiger partial charge in [0, 0.05) is 22.9 Å². The molecule has 0 radical (unpaired) electrons. The summed E-state index contributed by atoms with van der Waals surface area (Å²) in [6, 6.07) is 14.3. The first-order valence-corrected chi connectivity index (χ1v) is 11.3. The molecule has 0 saturated carbocycles. The van der Waals surface area contributed by atoms with Gasteiger partial charge in [0.2, 0.25) is 0 Å². The maximum atomic E-state index is 13.4. The predicted octanol–water partition coefficient (Wildman–Crippen LogP) is 5.20. The molecule has 0 aliphatic carbocycles. The van der Waals surface area contributed by atoms with Crippen molar-refractivity contribution in [2.75, 3.05) is 11.9 Å². The van der Waals surface area contributed by atoms with Crippen molar-refractivity contribution < 1.29 is 28.2 Å². The Morgan fingerprint density at radius 2 is 1.89 bits per heavy atom. The van der Waals surface area contributed by atoms with E-state index in [2.05, 4.69) is 19.9 Å². The largest absolute Gasteiger partial charge is 0.586 e. The Bertz CT molecular complexity index is 1480. The number of benzene rings is 2. The quantitative estimate of drug-likeness (QED) is 0.364. The van der Waals surface area contributed by atoms with Crippen LogP contribution in [0.25, 0.3) is 22.2 Å². The van der Waals surface area contributed by atoms with Crippen molar-refractivity contribution in [3.8, 4) is 22.8 Å². The highest BCUT2D eigenvalue weighted by Crippen LogP contribution is 2.43. The molecule has 1 aliphatic rings. The highest BCUT2D eigenvalue weighted by Gasteiger charge is 2.43. The molecule has 2 aromatic carbocycles. The van der Waals surface area contributed by atoms with E-state index in [9.17, 15) is 13.6 Å². The second kappa shape index (κ2) is 8.47. The zero-order valence-electron chi connectivity index (χ0n) is 19.9. The fraction of sp³-hybridized carbons (Fsp3) is 0.269. The van der Waals surface area contributed by atoms with Gasteiger partial charge in [-0.2, -0.15) is 5.10 Å². The summed E-state index contributed by atoms with van der Waals surface area (Å²) in [6.45, 7) is 6.23. The number of nitrogens with one attached hydrogen (secondary N) is 1. The minimum Gasteiger partial charge on any atom is -0.480 e.